The van der Waals surface area contributed by atoms with Crippen molar-refractivity contribution < 1.29 is 19.1 Å². The number of amides is 4. The molecule has 4 rings (SSSR count). The van der Waals surface area contributed by atoms with Crippen molar-refractivity contribution in [3.8, 4) is 5.75 Å². The van der Waals surface area contributed by atoms with Gasteiger partial charge in [0.2, 0.25) is 0 Å². The summed E-state index contributed by atoms with van der Waals surface area (Å²) in [4.78, 5) is 38.5. The third-order valence-corrected chi connectivity index (χ3v) is 6.02. The number of rotatable bonds is 5. The van der Waals surface area contributed by atoms with Gasteiger partial charge in [-0.3, -0.25) is 14.9 Å². The highest BCUT2D eigenvalue weighted by molar-refractivity contribution is 14.1. The number of nitrogens with zero attached hydrogens (tertiary/aromatic N) is 1. The quantitative estimate of drug-likeness (QED) is 0.229. The number of carbonyl (C=O) groups is 3. The van der Waals surface area contributed by atoms with Crippen LogP contribution < -0.4 is 15.0 Å². The summed E-state index contributed by atoms with van der Waals surface area (Å²) >= 11 is 14.3. The minimum atomic E-state index is -0.884. The maximum absolute atomic E-state index is 13.0. The molecule has 0 aromatic heterocycles. The Bertz CT molecular complexity index is 1270. The molecule has 0 spiro atoms. The number of carbonyl (C=O) groups excluding carboxylic acids is 3. The molecule has 3 aromatic carbocycles. The highest BCUT2D eigenvalue weighted by Crippen LogP contribution is 2.31. The van der Waals surface area contributed by atoms with Gasteiger partial charge in [-0.1, -0.05) is 47.5 Å². The zero-order valence-corrected chi connectivity index (χ0v) is 20.5. The van der Waals surface area contributed by atoms with Gasteiger partial charge in [0, 0.05) is 8.59 Å². The molecule has 166 valence electrons. The van der Waals surface area contributed by atoms with Crippen LogP contribution in [0.4, 0.5) is 10.5 Å². The SMILES string of the molecule is O=C1NC(=O)N(c2ccc(Cl)cc2Cl)C(=O)/C1=C/c1ccc(OCc2ccc(I)cc2)cc1. The van der Waals surface area contributed by atoms with E-state index in [1.54, 1.807) is 24.3 Å². The normalized spacial score (nSPS) is 15.1. The number of barbiturate groups is 1. The molecule has 9 heteroatoms. The summed E-state index contributed by atoms with van der Waals surface area (Å²) < 4.78 is 6.93. The molecule has 1 fully saturated rings. The fourth-order valence-corrected chi connectivity index (χ4v) is 3.97. The van der Waals surface area contributed by atoms with E-state index in [-0.39, 0.29) is 16.3 Å². The van der Waals surface area contributed by atoms with E-state index in [4.69, 9.17) is 27.9 Å². The second-order valence-electron chi connectivity index (χ2n) is 7.04. The molecular weight excluding hydrogens is 578 g/mol. The Labute approximate surface area is 213 Å². The Morgan fingerprint density at radius 2 is 1.64 bits per heavy atom. The number of benzene rings is 3. The Hall–Kier alpha value is -2.88. The minimum Gasteiger partial charge on any atom is -0.489 e. The van der Waals surface area contributed by atoms with Crippen molar-refractivity contribution in [2.45, 2.75) is 6.61 Å². The van der Waals surface area contributed by atoms with E-state index < -0.39 is 17.8 Å². The molecule has 3 aromatic rings. The molecule has 1 aliphatic heterocycles. The first-order valence-corrected chi connectivity index (χ1v) is 11.5. The largest absolute Gasteiger partial charge is 0.489 e. The van der Waals surface area contributed by atoms with Gasteiger partial charge >= 0.3 is 6.03 Å². The maximum atomic E-state index is 13.0. The molecule has 1 heterocycles. The van der Waals surface area contributed by atoms with Crippen LogP contribution in [-0.4, -0.2) is 17.8 Å². The van der Waals surface area contributed by atoms with Crippen LogP contribution in [-0.2, 0) is 16.2 Å². The molecule has 0 radical (unpaired) electrons. The van der Waals surface area contributed by atoms with E-state index in [0.717, 1.165) is 14.0 Å². The summed E-state index contributed by atoms with van der Waals surface area (Å²) in [6.07, 6.45) is 1.41. The van der Waals surface area contributed by atoms with Gasteiger partial charge in [-0.25, -0.2) is 9.69 Å². The van der Waals surface area contributed by atoms with Crippen molar-refractivity contribution in [1.29, 1.82) is 0 Å². The van der Waals surface area contributed by atoms with Crippen molar-refractivity contribution >= 4 is 75.4 Å². The smallest absolute Gasteiger partial charge is 0.335 e. The first kappa shape index (κ1) is 23.3. The third-order valence-electron chi connectivity index (χ3n) is 4.76. The van der Waals surface area contributed by atoms with Crippen LogP contribution in [0.3, 0.4) is 0 Å². The van der Waals surface area contributed by atoms with Gasteiger partial charge in [0.1, 0.15) is 17.9 Å². The van der Waals surface area contributed by atoms with Crippen molar-refractivity contribution in [2.75, 3.05) is 4.90 Å². The van der Waals surface area contributed by atoms with Gasteiger partial charge in [-0.2, -0.15) is 0 Å². The Balaban J connectivity index is 1.53. The number of hydrogen-bond acceptors (Lipinski definition) is 4. The molecule has 1 saturated heterocycles. The van der Waals surface area contributed by atoms with E-state index in [9.17, 15) is 14.4 Å². The second kappa shape index (κ2) is 9.94. The summed E-state index contributed by atoms with van der Waals surface area (Å²) in [7, 11) is 0. The van der Waals surface area contributed by atoms with Crippen molar-refractivity contribution in [1.82, 2.24) is 5.32 Å². The number of halogens is 3. The summed E-state index contributed by atoms with van der Waals surface area (Å²) in [5.41, 5.74) is 1.55. The average Bonchev–Trinajstić information content (AvgIpc) is 2.78. The number of hydrogen-bond donors (Lipinski definition) is 1. The van der Waals surface area contributed by atoms with Crippen molar-refractivity contribution in [2.24, 2.45) is 0 Å². The van der Waals surface area contributed by atoms with Crippen molar-refractivity contribution in [3.05, 3.63) is 97.0 Å². The predicted molar refractivity (Wildman–Crippen MR) is 135 cm³/mol. The number of nitrogens with one attached hydrogen (secondary N) is 1. The lowest BCUT2D eigenvalue weighted by atomic mass is 10.1. The van der Waals surface area contributed by atoms with Crippen LogP contribution in [0, 0.1) is 3.57 Å². The van der Waals surface area contributed by atoms with Gasteiger partial charge in [-0.05, 0) is 82.3 Å². The summed E-state index contributed by atoms with van der Waals surface area (Å²) in [5, 5.41) is 2.62. The van der Waals surface area contributed by atoms with Gasteiger partial charge in [-0.15, -0.1) is 0 Å². The summed E-state index contributed by atoms with van der Waals surface area (Å²) in [5.74, 6) is -0.933. The first-order valence-electron chi connectivity index (χ1n) is 9.65. The van der Waals surface area contributed by atoms with Crippen LogP contribution in [0.1, 0.15) is 11.1 Å². The maximum Gasteiger partial charge on any atom is 0.335 e. The number of anilines is 1. The molecule has 0 bridgehead atoms. The lowest BCUT2D eigenvalue weighted by Gasteiger charge is -2.27. The Morgan fingerprint density at radius 1 is 0.939 bits per heavy atom. The third kappa shape index (κ3) is 5.38. The molecule has 0 aliphatic carbocycles. The average molecular weight is 593 g/mol. The molecule has 6 nitrogen and oxygen atoms in total. The van der Waals surface area contributed by atoms with E-state index in [2.05, 4.69) is 27.9 Å². The fraction of sp³-hybridized carbons (Fsp3) is 0.0417. The van der Waals surface area contributed by atoms with Crippen LogP contribution in [0.15, 0.2) is 72.3 Å². The first-order chi connectivity index (χ1) is 15.8. The standard InChI is InChI=1S/C24H15Cl2IN2O4/c25-16-5-10-21(20(26)12-16)29-23(31)19(22(30)28-24(29)32)11-14-3-8-18(9-4-14)33-13-15-1-6-17(27)7-2-15/h1-12H,13H2,(H,28,30,32)/b19-11+. The highest BCUT2D eigenvalue weighted by Gasteiger charge is 2.37. The number of urea groups is 1. The molecule has 4 amide bonds. The van der Waals surface area contributed by atoms with E-state index in [1.807, 2.05) is 24.3 Å². The molecular formula is C24H15Cl2IN2O4. The number of ether oxygens (including phenoxy) is 1. The van der Waals surface area contributed by atoms with Crippen LogP contribution in [0.5, 0.6) is 5.75 Å². The van der Waals surface area contributed by atoms with Crippen molar-refractivity contribution in [3.63, 3.8) is 0 Å². The highest BCUT2D eigenvalue weighted by atomic mass is 127. The molecule has 1 aliphatic rings. The van der Waals surface area contributed by atoms with E-state index in [0.29, 0.717) is 22.9 Å². The predicted octanol–water partition coefficient (Wildman–Crippen LogP) is 5.84. The lowest BCUT2D eigenvalue weighted by molar-refractivity contribution is -0.122. The molecule has 0 saturated carbocycles. The van der Waals surface area contributed by atoms with Gasteiger partial charge in [0.05, 0.1) is 10.7 Å². The second-order valence-corrected chi connectivity index (χ2v) is 9.13. The van der Waals surface area contributed by atoms with Crippen LogP contribution >= 0.6 is 45.8 Å². The fourth-order valence-electron chi connectivity index (χ4n) is 3.11. The molecule has 0 atom stereocenters. The van der Waals surface area contributed by atoms with E-state index >= 15 is 0 Å². The van der Waals surface area contributed by atoms with Crippen LogP contribution in [0.2, 0.25) is 10.0 Å². The molecule has 0 unspecified atom stereocenters. The van der Waals surface area contributed by atoms with Gasteiger partial charge < -0.3 is 4.74 Å². The van der Waals surface area contributed by atoms with Crippen LogP contribution in [0.25, 0.3) is 6.08 Å². The zero-order chi connectivity index (χ0) is 23.5. The number of imide groups is 2. The van der Waals surface area contributed by atoms with Gasteiger partial charge in [0.15, 0.2) is 0 Å². The molecule has 33 heavy (non-hydrogen) atoms. The summed E-state index contributed by atoms with van der Waals surface area (Å²) in [6, 6.07) is 18.4. The summed E-state index contributed by atoms with van der Waals surface area (Å²) in [6.45, 7) is 0.414. The van der Waals surface area contributed by atoms with Gasteiger partial charge in [0.25, 0.3) is 11.8 Å². The topological polar surface area (TPSA) is 75.7 Å². The monoisotopic (exact) mass is 592 g/mol. The van der Waals surface area contributed by atoms with E-state index in [1.165, 1.54) is 24.3 Å². The Morgan fingerprint density at radius 3 is 2.30 bits per heavy atom. The Kier molecular flexibility index (Phi) is 7.02. The minimum absolute atomic E-state index is 0.106. The lowest BCUT2D eigenvalue weighted by Crippen LogP contribution is -2.54. The zero-order valence-electron chi connectivity index (χ0n) is 16.8. The molecule has 1 N–H and O–H groups in total.